The topological polar surface area (TPSA) is 30.5 Å². The van der Waals surface area contributed by atoms with Gasteiger partial charge in [-0.2, -0.15) is 0 Å². The number of ether oxygens (including phenoxy) is 2. The van der Waals surface area contributed by atoms with E-state index in [9.17, 15) is 4.39 Å². The Morgan fingerprint density at radius 3 is 2.45 bits per heavy atom. The number of methoxy groups -OCH3 is 1. The molecule has 6 heteroatoms. The third kappa shape index (κ3) is 7.03. The van der Waals surface area contributed by atoms with E-state index in [1.807, 2.05) is 30.3 Å². The molecule has 0 radical (unpaired) electrons. The van der Waals surface area contributed by atoms with Crippen molar-refractivity contribution in [1.82, 2.24) is 5.32 Å². The number of halogens is 3. The van der Waals surface area contributed by atoms with Gasteiger partial charge in [-0.15, -0.1) is 12.4 Å². The normalized spacial score (nSPS) is 10.3. The highest BCUT2D eigenvalue weighted by Gasteiger charge is 2.07. The summed E-state index contributed by atoms with van der Waals surface area (Å²) in [5.74, 6) is 1.49. The molecule has 0 bridgehead atoms. The number of hydrogen-bond donors (Lipinski definition) is 1. The van der Waals surface area contributed by atoms with E-state index in [0.29, 0.717) is 13.2 Å². The molecule has 154 valence electrons. The fraction of sp³-hybridized carbons (Fsp3) is 0.217. The molecule has 3 aromatic carbocycles. The fourth-order valence-corrected chi connectivity index (χ4v) is 3.33. The maximum atomic E-state index is 13.0. The second kappa shape index (κ2) is 11.8. The Bertz CT molecular complexity index is 906. The van der Waals surface area contributed by atoms with Crippen LogP contribution in [0.4, 0.5) is 4.39 Å². The number of rotatable bonds is 9. The lowest BCUT2D eigenvalue weighted by Crippen LogP contribution is -2.17. The lowest BCUT2D eigenvalue weighted by Gasteiger charge is -2.14. The zero-order valence-electron chi connectivity index (χ0n) is 16.2. The Kier molecular flexibility index (Phi) is 9.45. The van der Waals surface area contributed by atoms with Gasteiger partial charge in [0.2, 0.25) is 0 Å². The zero-order chi connectivity index (χ0) is 19.8. The SMILES string of the molecule is COc1ccccc1CCNCc1cc(Br)ccc1OCc1ccc(F)cc1.Cl. The first-order chi connectivity index (χ1) is 13.7. The highest BCUT2D eigenvalue weighted by Crippen LogP contribution is 2.24. The van der Waals surface area contributed by atoms with E-state index < -0.39 is 0 Å². The Balaban J connectivity index is 0.00000300. The van der Waals surface area contributed by atoms with Crippen LogP contribution in [0.1, 0.15) is 16.7 Å². The molecule has 0 aromatic heterocycles. The maximum Gasteiger partial charge on any atom is 0.124 e. The Morgan fingerprint density at radius 2 is 1.69 bits per heavy atom. The molecule has 0 saturated heterocycles. The molecule has 0 aliphatic rings. The molecule has 1 N–H and O–H groups in total. The first-order valence-electron chi connectivity index (χ1n) is 9.14. The van der Waals surface area contributed by atoms with Gasteiger partial charge in [-0.25, -0.2) is 4.39 Å². The van der Waals surface area contributed by atoms with Gasteiger partial charge in [0.15, 0.2) is 0 Å². The summed E-state index contributed by atoms with van der Waals surface area (Å²) in [6, 6.07) is 20.4. The lowest BCUT2D eigenvalue weighted by molar-refractivity contribution is 0.302. The number of nitrogens with one attached hydrogen (secondary N) is 1. The summed E-state index contributed by atoms with van der Waals surface area (Å²) in [6.45, 7) is 1.91. The smallest absolute Gasteiger partial charge is 0.124 e. The summed E-state index contributed by atoms with van der Waals surface area (Å²) >= 11 is 3.52. The van der Waals surface area contributed by atoms with Crippen molar-refractivity contribution < 1.29 is 13.9 Å². The first kappa shape index (κ1) is 23.2. The van der Waals surface area contributed by atoms with Gasteiger partial charge in [-0.3, -0.25) is 0 Å². The van der Waals surface area contributed by atoms with E-state index in [0.717, 1.165) is 40.1 Å². The van der Waals surface area contributed by atoms with Crippen molar-refractivity contribution in [2.45, 2.75) is 19.6 Å². The van der Waals surface area contributed by atoms with Crippen molar-refractivity contribution in [3.8, 4) is 11.5 Å². The van der Waals surface area contributed by atoms with Gasteiger partial charge in [0.05, 0.1) is 7.11 Å². The minimum Gasteiger partial charge on any atom is -0.496 e. The third-order valence-electron chi connectivity index (χ3n) is 4.41. The summed E-state index contributed by atoms with van der Waals surface area (Å²) in [7, 11) is 1.69. The van der Waals surface area contributed by atoms with Gasteiger partial charge in [0, 0.05) is 16.6 Å². The van der Waals surface area contributed by atoms with Crippen molar-refractivity contribution in [2.24, 2.45) is 0 Å². The molecule has 0 aliphatic heterocycles. The lowest BCUT2D eigenvalue weighted by atomic mass is 10.1. The molecule has 3 rings (SSSR count). The Morgan fingerprint density at radius 1 is 0.931 bits per heavy atom. The van der Waals surface area contributed by atoms with Crippen LogP contribution in [0.15, 0.2) is 71.2 Å². The van der Waals surface area contributed by atoms with E-state index in [4.69, 9.17) is 9.47 Å². The average molecular weight is 481 g/mol. The second-order valence-corrected chi connectivity index (χ2v) is 7.32. The van der Waals surface area contributed by atoms with Crippen LogP contribution in [-0.4, -0.2) is 13.7 Å². The molecule has 3 aromatic rings. The van der Waals surface area contributed by atoms with E-state index in [1.165, 1.54) is 17.7 Å². The van der Waals surface area contributed by atoms with Gasteiger partial charge in [-0.05, 0) is 60.5 Å². The Hall–Kier alpha value is -2.08. The molecular formula is C23H24BrClFNO2. The minimum atomic E-state index is -0.243. The van der Waals surface area contributed by atoms with Crippen molar-refractivity contribution in [3.05, 3.63) is 93.7 Å². The van der Waals surface area contributed by atoms with Gasteiger partial charge in [-0.1, -0.05) is 46.3 Å². The molecule has 0 amide bonds. The molecule has 0 unspecified atom stereocenters. The van der Waals surface area contributed by atoms with Crippen molar-refractivity contribution >= 4 is 28.3 Å². The largest absolute Gasteiger partial charge is 0.496 e. The minimum absolute atomic E-state index is 0. The first-order valence-corrected chi connectivity index (χ1v) is 9.93. The molecule has 0 heterocycles. The number of para-hydroxylation sites is 1. The summed E-state index contributed by atoms with van der Waals surface area (Å²) in [5.41, 5.74) is 3.18. The third-order valence-corrected chi connectivity index (χ3v) is 4.90. The van der Waals surface area contributed by atoms with Gasteiger partial charge >= 0.3 is 0 Å². The van der Waals surface area contributed by atoms with Crippen LogP contribution < -0.4 is 14.8 Å². The van der Waals surface area contributed by atoms with Crippen LogP contribution in [-0.2, 0) is 19.6 Å². The van der Waals surface area contributed by atoms with Gasteiger partial charge in [0.25, 0.3) is 0 Å². The second-order valence-electron chi connectivity index (χ2n) is 6.41. The maximum absolute atomic E-state index is 13.0. The van der Waals surface area contributed by atoms with Crippen LogP contribution in [0.25, 0.3) is 0 Å². The van der Waals surface area contributed by atoms with Gasteiger partial charge in [0.1, 0.15) is 23.9 Å². The van der Waals surface area contributed by atoms with Gasteiger partial charge < -0.3 is 14.8 Å². The standard InChI is InChI=1S/C23H23BrFNO2.ClH/c1-27-22-5-3-2-4-18(22)12-13-26-15-19-14-20(24)8-11-23(19)28-16-17-6-9-21(25)10-7-17;/h2-11,14,26H,12-13,15-16H2,1H3;1H. The molecule has 0 fully saturated rings. The number of benzene rings is 3. The average Bonchev–Trinajstić information content (AvgIpc) is 2.72. The highest BCUT2D eigenvalue weighted by molar-refractivity contribution is 9.10. The van der Waals surface area contributed by atoms with E-state index in [-0.39, 0.29) is 18.2 Å². The highest BCUT2D eigenvalue weighted by atomic mass is 79.9. The number of hydrogen-bond acceptors (Lipinski definition) is 3. The zero-order valence-corrected chi connectivity index (χ0v) is 18.6. The summed E-state index contributed by atoms with van der Waals surface area (Å²) in [6.07, 6.45) is 0.879. The van der Waals surface area contributed by atoms with E-state index in [1.54, 1.807) is 19.2 Å². The van der Waals surface area contributed by atoms with Crippen molar-refractivity contribution in [2.75, 3.05) is 13.7 Å². The molecule has 0 saturated carbocycles. The van der Waals surface area contributed by atoms with Crippen molar-refractivity contribution in [3.63, 3.8) is 0 Å². The van der Waals surface area contributed by atoms with Crippen LogP contribution in [0.3, 0.4) is 0 Å². The molecule has 3 nitrogen and oxygen atoms in total. The molecule has 0 atom stereocenters. The molecule has 0 spiro atoms. The molecule has 29 heavy (non-hydrogen) atoms. The van der Waals surface area contributed by atoms with Crippen LogP contribution >= 0.6 is 28.3 Å². The van der Waals surface area contributed by atoms with E-state index >= 15 is 0 Å². The summed E-state index contributed by atoms with van der Waals surface area (Å²) in [5, 5.41) is 3.47. The fourth-order valence-electron chi connectivity index (χ4n) is 2.92. The Labute approximate surface area is 185 Å². The monoisotopic (exact) mass is 479 g/mol. The predicted molar refractivity (Wildman–Crippen MR) is 121 cm³/mol. The summed E-state index contributed by atoms with van der Waals surface area (Å²) in [4.78, 5) is 0. The van der Waals surface area contributed by atoms with Crippen LogP contribution in [0.2, 0.25) is 0 Å². The predicted octanol–water partition coefficient (Wildman–Crippen LogP) is 5.93. The van der Waals surface area contributed by atoms with Crippen LogP contribution in [0.5, 0.6) is 11.5 Å². The summed E-state index contributed by atoms with van der Waals surface area (Å²) < 4.78 is 25.4. The molecule has 0 aliphatic carbocycles. The van der Waals surface area contributed by atoms with Crippen molar-refractivity contribution in [1.29, 1.82) is 0 Å². The molecular weight excluding hydrogens is 457 g/mol. The van der Waals surface area contributed by atoms with Crippen LogP contribution in [0, 0.1) is 5.82 Å². The quantitative estimate of drug-likeness (QED) is 0.385. The van der Waals surface area contributed by atoms with E-state index in [2.05, 4.69) is 33.4 Å².